The van der Waals surface area contributed by atoms with Gasteiger partial charge in [0, 0.05) is 6.20 Å². The largest absolute Gasteiger partial charge is 0.307 e. The van der Waals surface area contributed by atoms with Crippen molar-refractivity contribution in [3.05, 3.63) is 29.6 Å². The number of nitrogens with one attached hydrogen (secondary N) is 1. The van der Waals surface area contributed by atoms with Gasteiger partial charge in [0.25, 0.3) is 5.91 Å². The number of nitrogens with zero attached hydrogens (tertiary/aromatic N) is 2. The van der Waals surface area contributed by atoms with Crippen LogP contribution in [0.1, 0.15) is 45.4 Å². The highest BCUT2D eigenvalue weighted by molar-refractivity contribution is 6.14. The van der Waals surface area contributed by atoms with Crippen LogP contribution in [0, 0.1) is 5.92 Å². The van der Waals surface area contributed by atoms with E-state index in [-0.39, 0.29) is 11.8 Å². The lowest BCUT2D eigenvalue weighted by atomic mass is 9.89. The fourth-order valence-electron chi connectivity index (χ4n) is 2.06. The van der Waals surface area contributed by atoms with Gasteiger partial charge < -0.3 is 5.32 Å². The van der Waals surface area contributed by atoms with E-state index in [1.54, 1.807) is 0 Å². The molecule has 1 aliphatic heterocycles. The van der Waals surface area contributed by atoms with Crippen molar-refractivity contribution in [2.75, 3.05) is 0 Å². The lowest BCUT2D eigenvalue weighted by Gasteiger charge is -2.21. The van der Waals surface area contributed by atoms with Crippen LogP contribution in [0.25, 0.3) is 0 Å². The smallest absolute Gasteiger partial charge is 0.253 e. The van der Waals surface area contributed by atoms with Crippen LogP contribution in [0.2, 0.25) is 0 Å². The van der Waals surface area contributed by atoms with E-state index in [0.717, 1.165) is 18.5 Å². The molecule has 102 valence electrons. The van der Waals surface area contributed by atoms with Gasteiger partial charge in [-0.25, -0.2) is 4.99 Å². The Kier molecular flexibility index (Phi) is 3.69. The highest BCUT2D eigenvalue weighted by Gasteiger charge is 2.42. The van der Waals surface area contributed by atoms with E-state index in [1.807, 2.05) is 39.1 Å². The number of aromatic nitrogens is 1. The molecule has 1 unspecified atom stereocenters. The van der Waals surface area contributed by atoms with E-state index in [1.165, 1.54) is 5.56 Å². The van der Waals surface area contributed by atoms with Crippen LogP contribution in [0.3, 0.4) is 0 Å². The van der Waals surface area contributed by atoms with E-state index in [9.17, 15) is 4.79 Å². The number of hydrogen-bond donors (Lipinski definition) is 1. The monoisotopic (exact) mass is 259 g/mol. The van der Waals surface area contributed by atoms with Gasteiger partial charge in [0.1, 0.15) is 11.2 Å². The summed E-state index contributed by atoms with van der Waals surface area (Å²) in [5.74, 6) is 0.700. The summed E-state index contributed by atoms with van der Waals surface area (Å²) in [7, 11) is 0. The maximum atomic E-state index is 12.0. The molecule has 1 aromatic rings. The van der Waals surface area contributed by atoms with E-state index in [2.05, 4.69) is 22.2 Å². The van der Waals surface area contributed by atoms with Gasteiger partial charge in [-0.2, -0.15) is 0 Å². The van der Waals surface area contributed by atoms with Crippen LogP contribution in [0.15, 0.2) is 23.3 Å². The Morgan fingerprint density at radius 2 is 2.11 bits per heavy atom. The minimum atomic E-state index is -0.681. The zero-order chi connectivity index (χ0) is 14.0. The molecule has 1 N–H and O–H groups in total. The highest BCUT2D eigenvalue weighted by atomic mass is 16.2. The Morgan fingerprint density at radius 1 is 1.37 bits per heavy atom. The van der Waals surface area contributed by atoms with Crippen LogP contribution < -0.4 is 5.32 Å². The molecule has 0 aromatic carbocycles. The molecular weight excluding hydrogens is 238 g/mol. The van der Waals surface area contributed by atoms with Crippen molar-refractivity contribution in [2.24, 2.45) is 10.9 Å². The van der Waals surface area contributed by atoms with Crippen molar-refractivity contribution in [3.63, 3.8) is 0 Å². The molecule has 2 heterocycles. The van der Waals surface area contributed by atoms with Gasteiger partial charge in [-0.05, 0) is 30.9 Å². The fourth-order valence-corrected chi connectivity index (χ4v) is 2.06. The van der Waals surface area contributed by atoms with E-state index < -0.39 is 5.54 Å². The van der Waals surface area contributed by atoms with Crippen molar-refractivity contribution in [1.82, 2.24) is 10.3 Å². The minimum absolute atomic E-state index is 0.0445. The third-order valence-corrected chi connectivity index (χ3v) is 3.77. The molecule has 1 atom stereocenters. The van der Waals surface area contributed by atoms with Gasteiger partial charge in [0.15, 0.2) is 5.84 Å². The molecule has 0 spiro atoms. The van der Waals surface area contributed by atoms with Gasteiger partial charge in [-0.15, -0.1) is 0 Å². The maximum absolute atomic E-state index is 12.0. The molecule has 19 heavy (non-hydrogen) atoms. The van der Waals surface area contributed by atoms with E-state index in [4.69, 9.17) is 0 Å². The molecule has 1 aliphatic rings. The number of carbonyl (C=O) groups excluding carboxylic acids is 1. The summed E-state index contributed by atoms with van der Waals surface area (Å²) in [5.41, 5.74) is 1.26. The molecule has 1 amide bonds. The second-order valence-corrected chi connectivity index (χ2v) is 5.52. The van der Waals surface area contributed by atoms with Crippen molar-refractivity contribution in [2.45, 2.75) is 46.1 Å². The van der Waals surface area contributed by atoms with E-state index in [0.29, 0.717) is 5.84 Å². The van der Waals surface area contributed by atoms with Crippen LogP contribution in [-0.4, -0.2) is 22.3 Å². The Labute approximate surface area is 114 Å². The second kappa shape index (κ2) is 5.11. The third kappa shape index (κ3) is 2.53. The summed E-state index contributed by atoms with van der Waals surface area (Å²) in [6.07, 6.45) is 3.98. The number of amidine groups is 1. The Hall–Kier alpha value is -1.71. The maximum Gasteiger partial charge on any atom is 0.253 e. The molecule has 0 aliphatic carbocycles. The van der Waals surface area contributed by atoms with Crippen molar-refractivity contribution >= 4 is 11.7 Å². The van der Waals surface area contributed by atoms with Crippen LogP contribution in [-0.2, 0) is 11.2 Å². The SMILES string of the molecule is CCCc1ccc(C2=NC(C)(C(C)C)C(=O)N2)nc1. The van der Waals surface area contributed by atoms with Gasteiger partial charge in [0.2, 0.25) is 0 Å². The third-order valence-electron chi connectivity index (χ3n) is 3.77. The number of pyridine rings is 1. The number of hydrogen-bond acceptors (Lipinski definition) is 3. The molecule has 4 heteroatoms. The van der Waals surface area contributed by atoms with E-state index >= 15 is 0 Å². The number of carbonyl (C=O) groups is 1. The molecule has 0 saturated carbocycles. The highest BCUT2D eigenvalue weighted by Crippen LogP contribution is 2.26. The standard InChI is InChI=1S/C15H21N3O/c1-5-6-11-7-8-12(16-9-11)13-17-14(19)15(4,18-13)10(2)3/h7-10H,5-6H2,1-4H3,(H,17,18,19). The Bertz CT molecular complexity index is 505. The number of aryl methyl sites for hydroxylation is 1. The normalized spacial score (nSPS) is 22.6. The predicted molar refractivity (Wildman–Crippen MR) is 76.2 cm³/mol. The fraction of sp³-hybridized carbons (Fsp3) is 0.533. The van der Waals surface area contributed by atoms with Crippen molar-refractivity contribution in [1.29, 1.82) is 0 Å². The van der Waals surface area contributed by atoms with Crippen LogP contribution >= 0.6 is 0 Å². The number of aliphatic imine (C=N–C) groups is 1. The van der Waals surface area contributed by atoms with Crippen LogP contribution in [0.5, 0.6) is 0 Å². The summed E-state index contributed by atoms with van der Waals surface area (Å²) in [5, 5.41) is 2.84. The van der Waals surface area contributed by atoms with Crippen LogP contribution in [0.4, 0.5) is 0 Å². The zero-order valence-corrected chi connectivity index (χ0v) is 12.0. The van der Waals surface area contributed by atoms with Crippen molar-refractivity contribution in [3.8, 4) is 0 Å². The first-order valence-electron chi connectivity index (χ1n) is 6.84. The molecule has 0 radical (unpaired) electrons. The molecule has 0 saturated heterocycles. The topological polar surface area (TPSA) is 54.4 Å². The first-order valence-corrected chi connectivity index (χ1v) is 6.84. The molecule has 4 nitrogen and oxygen atoms in total. The van der Waals surface area contributed by atoms with Gasteiger partial charge in [-0.3, -0.25) is 9.78 Å². The first-order chi connectivity index (χ1) is 8.97. The predicted octanol–water partition coefficient (Wildman–Crippen LogP) is 2.33. The lowest BCUT2D eigenvalue weighted by molar-refractivity contribution is -0.124. The zero-order valence-electron chi connectivity index (χ0n) is 12.0. The summed E-state index contributed by atoms with van der Waals surface area (Å²) in [6, 6.07) is 3.97. The molecule has 0 bridgehead atoms. The van der Waals surface area contributed by atoms with Gasteiger partial charge >= 0.3 is 0 Å². The van der Waals surface area contributed by atoms with Crippen molar-refractivity contribution < 1.29 is 4.79 Å². The molecular formula is C15H21N3O. The average molecular weight is 259 g/mol. The lowest BCUT2D eigenvalue weighted by Crippen LogP contribution is -2.41. The minimum Gasteiger partial charge on any atom is -0.307 e. The first kappa shape index (κ1) is 13.7. The average Bonchev–Trinajstić information content (AvgIpc) is 2.68. The number of amides is 1. The Balaban J connectivity index is 2.26. The van der Waals surface area contributed by atoms with Gasteiger partial charge in [-0.1, -0.05) is 33.3 Å². The van der Waals surface area contributed by atoms with Gasteiger partial charge in [0.05, 0.1) is 0 Å². The number of rotatable bonds is 4. The molecule has 1 aromatic heterocycles. The summed E-state index contributed by atoms with van der Waals surface area (Å²) in [6.45, 7) is 8.02. The molecule has 0 fully saturated rings. The second-order valence-electron chi connectivity index (χ2n) is 5.52. The summed E-state index contributed by atoms with van der Waals surface area (Å²) >= 11 is 0. The molecule has 2 rings (SSSR count). The summed E-state index contributed by atoms with van der Waals surface area (Å²) < 4.78 is 0. The Morgan fingerprint density at radius 3 is 2.58 bits per heavy atom. The quantitative estimate of drug-likeness (QED) is 0.902. The summed E-state index contributed by atoms with van der Waals surface area (Å²) in [4.78, 5) is 21.0.